The van der Waals surface area contributed by atoms with Crippen LogP contribution in [0.2, 0.25) is 0 Å². The second-order valence-electron chi connectivity index (χ2n) is 6.74. The fraction of sp³-hybridized carbons (Fsp3) is 0.409. The molecule has 0 radical (unpaired) electrons. The maximum absolute atomic E-state index is 13.1. The molecule has 0 aliphatic heterocycles. The lowest BCUT2D eigenvalue weighted by Gasteiger charge is -2.32. The normalized spacial score (nSPS) is 13.9. The molecule has 3 atom stereocenters. The van der Waals surface area contributed by atoms with E-state index in [-0.39, 0.29) is 5.91 Å². The summed E-state index contributed by atoms with van der Waals surface area (Å²) in [4.78, 5) is 14.6. The second kappa shape index (κ2) is 10.1. The SMILES string of the molecule is COc1cc([C@H](CO)C(=O)N(C)[C@@H](C)[C@@H](O)c2ccccc2)cc(OC)c1OC. The molecule has 2 aromatic rings. The maximum Gasteiger partial charge on any atom is 0.232 e. The second-order valence-corrected chi connectivity index (χ2v) is 6.74. The van der Waals surface area contributed by atoms with Crippen molar-refractivity contribution in [3.8, 4) is 17.2 Å². The molecule has 0 saturated heterocycles. The molecule has 0 fully saturated rings. The molecule has 0 aromatic heterocycles. The number of nitrogens with zero attached hydrogens (tertiary/aromatic N) is 1. The number of methoxy groups -OCH3 is 3. The molecule has 0 bridgehead atoms. The van der Waals surface area contributed by atoms with Crippen molar-refractivity contribution in [2.75, 3.05) is 35.0 Å². The van der Waals surface area contributed by atoms with E-state index in [2.05, 4.69) is 0 Å². The zero-order valence-corrected chi connectivity index (χ0v) is 17.5. The molecule has 2 rings (SSSR count). The Kier molecular flexibility index (Phi) is 7.87. The topological polar surface area (TPSA) is 88.5 Å². The van der Waals surface area contributed by atoms with E-state index in [0.29, 0.717) is 28.4 Å². The van der Waals surface area contributed by atoms with Crippen molar-refractivity contribution in [3.05, 3.63) is 53.6 Å². The third kappa shape index (κ3) is 4.81. The van der Waals surface area contributed by atoms with Gasteiger partial charge in [-0.2, -0.15) is 0 Å². The Balaban J connectivity index is 2.32. The Labute approximate surface area is 171 Å². The number of ether oxygens (including phenoxy) is 3. The number of aliphatic hydroxyl groups is 2. The number of rotatable bonds is 9. The molecule has 0 saturated carbocycles. The molecule has 1 amide bonds. The van der Waals surface area contributed by atoms with Crippen molar-refractivity contribution in [3.63, 3.8) is 0 Å². The zero-order valence-electron chi connectivity index (χ0n) is 17.5. The predicted molar refractivity (Wildman–Crippen MR) is 110 cm³/mol. The van der Waals surface area contributed by atoms with Crippen molar-refractivity contribution in [1.29, 1.82) is 0 Å². The van der Waals surface area contributed by atoms with Crippen LogP contribution in [0.5, 0.6) is 17.2 Å². The third-order valence-electron chi connectivity index (χ3n) is 5.13. The Morgan fingerprint density at radius 3 is 2.00 bits per heavy atom. The van der Waals surface area contributed by atoms with Crippen LogP contribution in [0.3, 0.4) is 0 Å². The highest BCUT2D eigenvalue weighted by molar-refractivity contribution is 5.84. The van der Waals surface area contributed by atoms with Crippen molar-refractivity contribution < 1.29 is 29.2 Å². The van der Waals surface area contributed by atoms with Gasteiger partial charge in [0.15, 0.2) is 11.5 Å². The summed E-state index contributed by atoms with van der Waals surface area (Å²) in [7, 11) is 6.08. The van der Waals surface area contributed by atoms with Gasteiger partial charge in [0.2, 0.25) is 11.7 Å². The van der Waals surface area contributed by atoms with E-state index < -0.39 is 24.7 Å². The molecule has 0 aliphatic rings. The molecule has 158 valence electrons. The van der Waals surface area contributed by atoms with Gasteiger partial charge in [-0.05, 0) is 30.2 Å². The number of hydrogen-bond donors (Lipinski definition) is 2. The lowest BCUT2D eigenvalue weighted by Crippen LogP contribution is -2.42. The summed E-state index contributed by atoms with van der Waals surface area (Å²) < 4.78 is 16.0. The van der Waals surface area contributed by atoms with Gasteiger partial charge in [-0.1, -0.05) is 30.3 Å². The first kappa shape index (κ1) is 22.5. The monoisotopic (exact) mass is 403 g/mol. The molecule has 29 heavy (non-hydrogen) atoms. The van der Waals surface area contributed by atoms with Crippen LogP contribution in [0.25, 0.3) is 0 Å². The number of likely N-dealkylation sites (N-methyl/N-ethyl adjacent to an activating group) is 1. The molecule has 7 nitrogen and oxygen atoms in total. The average molecular weight is 403 g/mol. The van der Waals surface area contributed by atoms with Crippen molar-refractivity contribution >= 4 is 5.91 Å². The molecule has 0 aliphatic carbocycles. The number of amides is 1. The summed E-state index contributed by atoms with van der Waals surface area (Å²) in [6.07, 6.45) is -0.857. The van der Waals surface area contributed by atoms with E-state index in [9.17, 15) is 15.0 Å². The van der Waals surface area contributed by atoms with E-state index in [4.69, 9.17) is 14.2 Å². The minimum atomic E-state index is -0.857. The highest BCUT2D eigenvalue weighted by atomic mass is 16.5. The van der Waals surface area contributed by atoms with Gasteiger partial charge in [0.05, 0.1) is 46.0 Å². The summed E-state index contributed by atoms with van der Waals surface area (Å²) in [6.45, 7) is 1.36. The van der Waals surface area contributed by atoms with Crippen LogP contribution >= 0.6 is 0 Å². The van der Waals surface area contributed by atoms with E-state index in [1.807, 2.05) is 30.3 Å². The van der Waals surface area contributed by atoms with Gasteiger partial charge in [0.1, 0.15) is 0 Å². The number of aliphatic hydroxyl groups excluding tert-OH is 2. The highest BCUT2D eigenvalue weighted by Gasteiger charge is 2.31. The summed E-state index contributed by atoms with van der Waals surface area (Å²) in [5, 5.41) is 20.6. The molecule has 0 unspecified atom stereocenters. The third-order valence-corrected chi connectivity index (χ3v) is 5.13. The Morgan fingerprint density at radius 2 is 1.55 bits per heavy atom. The largest absolute Gasteiger partial charge is 0.493 e. The molecule has 0 heterocycles. The zero-order chi connectivity index (χ0) is 21.6. The van der Waals surface area contributed by atoms with E-state index in [0.717, 1.165) is 0 Å². The van der Waals surface area contributed by atoms with E-state index in [1.54, 1.807) is 26.1 Å². The number of carbonyl (C=O) groups excluding carboxylic acids is 1. The number of hydrogen-bond acceptors (Lipinski definition) is 6. The van der Waals surface area contributed by atoms with Crippen LogP contribution < -0.4 is 14.2 Å². The van der Waals surface area contributed by atoms with Crippen LogP contribution in [0.4, 0.5) is 0 Å². The van der Waals surface area contributed by atoms with Crippen LogP contribution in [0.1, 0.15) is 30.1 Å². The van der Waals surface area contributed by atoms with Crippen LogP contribution in [-0.2, 0) is 4.79 Å². The summed E-state index contributed by atoms with van der Waals surface area (Å²) in [5.41, 5.74) is 1.24. The standard InChI is InChI=1S/C22H29NO6/c1-14(20(25)15-9-7-6-8-10-15)23(2)22(26)17(13-24)16-11-18(27-3)21(29-5)19(12-16)28-4/h6-12,14,17,20,24-25H,13H2,1-5H3/t14-,17-,20+/m0/s1. The van der Waals surface area contributed by atoms with Crippen molar-refractivity contribution in [2.24, 2.45) is 0 Å². The number of benzene rings is 2. The van der Waals surface area contributed by atoms with E-state index >= 15 is 0 Å². The number of carbonyl (C=O) groups is 1. The lowest BCUT2D eigenvalue weighted by molar-refractivity contribution is -0.136. The van der Waals surface area contributed by atoms with Crippen molar-refractivity contribution in [1.82, 2.24) is 4.90 Å². The Bertz CT molecular complexity index is 785. The molecule has 0 spiro atoms. The molecular weight excluding hydrogens is 374 g/mol. The first-order valence-corrected chi connectivity index (χ1v) is 9.30. The van der Waals surface area contributed by atoms with Crippen LogP contribution in [0, 0.1) is 0 Å². The minimum absolute atomic E-state index is 0.329. The first-order valence-electron chi connectivity index (χ1n) is 9.30. The summed E-state index contributed by atoms with van der Waals surface area (Å²) in [6, 6.07) is 11.9. The molecule has 2 aromatic carbocycles. The molecule has 2 N–H and O–H groups in total. The minimum Gasteiger partial charge on any atom is -0.493 e. The van der Waals surface area contributed by atoms with Gasteiger partial charge >= 0.3 is 0 Å². The van der Waals surface area contributed by atoms with Crippen molar-refractivity contribution in [2.45, 2.75) is 25.0 Å². The quantitative estimate of drug-likeness (QED) is 0.668. The fourth-order valence-electron chi connectivity index (χ4n) is 3.22. The highest BCUT2D eigenvalue weighted by Crippen LogP contribution is 2.40. The van der Waals surface area contributed by atoms with Gasteiger partial charge < -0.3 is 29.3 Å². The van der Waals surface area contributed by atoms with Gasteiger partial charge in [0, 0.05) is 7.05 Å². The van der Waals surface area contributed by atoms with Gasteiger partial charge in [0.25, 0.3) is 0 Å². The first-order chi connectivity index (χ1) is 13.9. The van der Waals surface area contributed by atoms with Gasteiger partial charge in [-0.3, -0.25) is 4.79 Å². The summed E-state index contributed by atoms with van der Waals surface area (Å²) in [5.74, 6) is 0.0220. The smallest absolute Gasteiger partial charge is 0.232 e. The Hall–Kier alpha value is -2.77. The van der Waals surface area contributed by atoms with Crippen LogP contribution in [-0.4, -0.2) is 62.0 Å². The average Bonchev–Trinajstić information content (AvgIpc) is 2.77. The van der Waals surface area contributed by atoms with Gasteiger partial charge in [-0.15, -0.1) is 0 Å². The van der Waals surface area contributed by atoms with Crippen LogP contribution in [0.15, 0.2) is 42.5 Å². The summed E-state index contributed by atoms with van der Waals surface area (Å²) >= 11 is 0. The Morgan fingerprint density at radius 1 is 1.00 bits per heavy atom. The maximum atomic E-state index is 13.1. The lowest BCUT2D eigenvalue weighted by atomic mass is 9.95. The fourth-order valence-corrected chi connectivity index (χ4v) is 3.22. The predicted octanol–water partition coefficient (Wildman–Crippen LogP) is 2.37. The van der Waals surface area contributed by atoms with E-state index in [1.165, 1.54) is 26.2 Å². The van der Waals surface area contributed by atoms with Gasteiger partial charge in [-0.25, -0.2) is 0 Å². The molecular formula is C22H29NO6. The molecule has 7 heteroatoms.